The summed E-state index contributed by atoms with van der Waals surface area (Å²) in [5, 5.41) is 1.99. The van der Waals surface area contributed by atoms with Crippen molar-refractivity contribution in [2.45, 2.75) is 44.6 Å². The molecule has 3 aromatic carbocycles. The first kappa shape index (κ1) is 27.3. The summed E-state index contributed by atoms with van der Waals surface area (Å²) >= 11 is 0. The molecule has 0 atom stereocenters. The quantitative estimate of drug-likeness (QED) is 0.301. The van der Waals surface area contributed by atoms with Gasteiger partial charge in [-0.05, 0) is 102 Å². The largest absolute Gasteiger partial charge is 0.309 e. The Kier molecular flexibility index (Phi) is 9.87. The van der Waals surface area contributed by atoms with Crippen molar-refractivity contribution in [2.24, 2.45) is 0 Å². The summed E-state index contributed by atoms with van der Waals surface area (Å²) < 4.78 is 29.3. The molecule has 190 valence electrons. The topological polar surface area (TPSA) is 43.9 Å². The van der Waals surface area contributed by atoms with E-state index in [0.717, 1.165) is 66.4 Å². The molecule has 0 bridgehead atoms. The normalized spacial score (nSPS) is 12.3. The average Bonchev–Trinajstić information content (AvgIpc) is 2.79. The minimum atomic E-state index is -3.63. The van der Waals surface area contributed by atoms with Crippen LogP contribution in [0.4, 0.5) is 0 Å². The van der Waals surface area contributed by atoms with Gasteiger partial charge in [0, 0.05) is 13.1 Å². The van der Waals surface area contributed by atoms with Crippen LogP contribution in [0.5, 0.6) is 0 Å². The maximum Gasteiger partial charge on any atom is 0.243 e. The van der Waals surface area contributed by atoms with E-state index in [1.807, 2.05) is 30.3 Å². The van der Waals surface area contributed by atoms with Crippen molar-refractivity contribution in [1.29, 1.82) is 0 Å². The number of benzene rings is 3. The number of aryl methyl sites for hydroxylation is 2. The highest BCUT2D eigenvalue weighted by Gasteiger charge is 2.25. The van der Waals surface area contributed by atoms with Crippen LogP contribution in [0.3, 0.4) is 0 Å². The molecule has 0 saturated carbocycles. The van der Waals surface area contributed by atoms with E-state index in [2.05, 4.69) is 63.0 Å². The molecule has 0 saturated heterocycles. The first-order valence-electron chi connectivity index (χ1n) is 12.5. The number of nitrogens with zero attached hydrogens (tertiary/aromatic N) is 3. The summed E-state index contributed by atoms with van der Waals surface area (Å²) in [6, 6.07) is 19.6. The monoisotopic (exact) mass is 495 g/mol. The number of hydrogen-bond acceptors (Lipinski definition) is 4. The molecule has 35 heavy (non-hydrogen) atoms. The van der Waals surface area contributed by atoms with Crippen molar-refractivity contribution in [3.63, 3.8) is 0 Å². The predicted molar refractivity (Wildman–Crippen MR) is 147 cm³/mol. The van der Waals surface area contributed by atoms with E-state index >= 15 is 0 Å². The third-order valence-corrected chi connectivity index (χ3v) is 8.18. The Morgan fingerprint density at radius 2 is 1.31 bits per heavy atom. The molecule has 0 aliphatic rings. The maximum atomic E-state index is 13.8. The molecule has 0 radical (unpaired) electrons. The highest BCUT2D eigenvalue weighted by atomic mass is 32.2. The summed E-state index contributed by atoms with van der Waals surface area (Å²) in [5.41, 5.74) is 3.34. The maximum absolute atomic E-state index is 13.8. The molecule has 0 fully saturated rings. The van der Waals surface area contributed by atoms with Crippen LogP contribution in [-0.4, -0.2) is 69.8 Å². The standard InChI is InChI=1S/C29H41N3O2S/c1-24-19-25(2)21-26(20-24)23-32(18-9-8-16-31(5)17-10-15-30(3)4)35(33,34)29-14-13-27-11-6-7-12-28(27)22-29/h6-7,11-14,19-22H,8-10,15-18,23H2,1-5H3. The molecule has 3 aromatic rings. The first-order valence-corrected chi connectivity index (χ1v) is 14.0. The number of rotatable bonds is 13. The lowest BCUT2D eigenvalue weighted by Crippen LogP contribution is -2.32. The Hall–Kier alpha value is -2.25. The van der Waals surface area contributed by atoms with Crippen LogP contribution in [-0.2, 0) is 16.6 Å². The lowest BCUT2D eigenvalue weighted by Gasteiger charge is -2.24. The Bertz CT molecular complexity index is 1190. The van der Waals surface area contributed by atoms with Gasteiger partial charge in [0.1, 0.15) is 0 Å². The minimum Gasteiger partial charge on any atom is -0.309 e. The molecule has 5 nitrogen and oxygen atoms in total. The second-order valence-electron chi connectivity index (χ2n) is 10.0. The van der Waals surface area contributed by atoms with Crippen molar-refractivity contribution in [2.75, 3.05) is 47.3 Å². The third-order valence-electron chi connectivity index (χ3n) is 6.34. The van der Waals surface area contributed by atoms with Gasteiger partial charge in [0.25, 0.3) is 0 Å². The van der Waals surface area contributed by atoms with E-state index in [-0.39, 0.29) is 0 Å². The third kappa shape index (κ3) is 8.14. The van der Waals surface area contributed by atoms with E-state index in [1.54, 1.807) is 16.4 Å². The molecule has 0 N–H and O–H groups in total. The molecule has 0 aliphatic carbocycles. The van der Waals surface area contributed by atoms with Crippen LogP contribution in [0.2, 0.25) is 0 Å². The molecule has 0 heterocycles. The van der Waals surface area contributed by atoms with Gasteiger partial charge in [-0.15, -0.1) is 0 Å². The van der Waals surface area contributed by atoms with E-state index in [9.17, 15) is 8.42 Å². The number of sulfonamides is 1. The molecule has 3 rings (SSSR count). The molecular formula is C29H41N3O2S. The predicted octanol–water partition coefficient (Wildman–Crippen LogP) is 5.31. The second-order valence-corrected chi connectivity index (χ2v) is 11.9. The summed E-state index contributed by atoms with van der Waals surface area (Å²) in [6.45, 7) is 8.12. The molecule has 0 amide bonds. The number of fused-ring (bicyclic) bond motifs is 1. The molecule has 0 unspecified atom stereocenters. The Labute approximate surface area is 212 Å². The molecule has 0 aliphatic heterocycles. The van der Waals surface area contributed by atoms with E-state index in [4.69, 9.17) is 0 Å². The van der Waals surface area contributed by atoms with Crippen LogP contribution < -0.4 is 0 Å². The van der Waals surface area contributed by atoms with E-state index in [0.29, 0.717) is 18.0 Å². The number of hydrogen-bond donors (Lipinski definition) is 0. The first-order chi connectivity index (χ1) is 16.6. The van der Waals surface area contributed by atoms with E-state index in [1.165, 1.54) is 0 Å². The SMILES string of the molecule is Cc1cc(C)cc(CN(CCCCN(C)CCCN(C)C)S(=O)(=O)c2ccc3ccccc3c2)c1. The Balaban J connectivity index is 1.74. The lowest BCUT2D eigenvalue weighted by molar-refractivity contribution is 0.289. The van der Waals surface area contributed by atoms with E-state index < -0.39 is 10.0 Å². The smallest absolute Gasteiger partial charge is 0.243 e. The molecule has 0 spiro atoms. The van der Waals surface area contributed by atoms with Gasteiger partial charge in [-0.2, -0.15) is 4.31 Å². The van der Waals surface area contributed by atoms with Crippen molar-refractivity contribution in [1.82, 2.24) is 14.1 Å². The fraction of sp³-hybridized carbons (Fsp3) is 0.448. The van der Waals surface area contributed by atoms with Gasteiger partial charge in [0.05, 0.1) is 4.90 Å². The van der Waals surface area contributed by atoms with Gasteiger partial charge in [-0.1, -0.05) is 59.7 Å². The fourth-order valence-corrected chi connectivity index (χ4v) is 6.07. The average molecular weight is 496 g/mol. The Morgan fingerprint density at radius 1 is 0.686 bits per heavy atom. The summed E-state index contributed by atoms with van der Waals surface area (Å²) in [5.74, 6) is 0. The zero-order valence-corrected chi connectivity index (χ0v) is 22.8. The van der Waals surface area contributed by atoms with Crippen LogP contribution in [0, 0.1) is 13.8 Å². The highest BCUT2D eigenvalue weighted by molar-refractivity contribution is 7.89. The zero-order chi connectivity index (χ0) is 25.4. The molecule has 6 heteroatoms. The highest BCUT2D eigenvalue weighted by Crippen LogP contribution is 2.24. The van der Waals surface area contributed by atoms with Crippen LogP contribution in [0.25, 0.3) is 10.8 Å². The number of unbranched alkanes of at least 4 members (excludes halogenated alkanes) is 1. The van der Waals surface area contributed by atoms with Gasteiger partial charge in [-0.25, -0.2) is 8.42 Å². The van der Waals surface area contributed by atoms with Gasteiger partial charge < -0.3 is 9.80 Å². The summed E-state index contributed by atoms with van der Waals surface area (Å²) in [6.07, 6.45) is 2.93. The minimum absolute atomic E-state index is 0.362. The van der Waals surface area contributed by atoms with Crippen molar-refractivity contribution < 1.29 is 8.42 Å². The van der Waals surface area contributed by atoms with Gasteiger partial charge in [0.2, 0.25) is 10.0 Å². The fourth-order valence-electron chi connectivity index (χ4n) is 4.56. The van der Waals surface area contributed by atoms with Crippen LogP contribution >= 0.6 is 0 Å². The van der Waals surface area contributed by atoms with Gasteiger partial charge in [0.15, 0.2) is 0 Å². The van der Waals surface area contributed by atoms with Crippen molar-refractivity contribution >= 4 is 20.8 Å². The van der Waals surface area contributed by atoms with Gasteiger partial charge >= 0.3 is 0 Å². The van der Waals surface area contributed by atoms with Crippen molar-refractivity contribution in [3.8, 4) is 0 Å². The molecule has 0 aromatic heterocycles. The Morgan fingerprint density at radius 3 is 2.00 bits per heavy atom. The zero-order valence-electron chi connectivity index (χ0n) is 22.0. The second kappa shape index (κ2) is 12.6. The summed E-state index contributed by atoms with van der Waals surface area (Å²) in [4.78, 5) is 4.91. The van der Waals surface area contributed by atoms with Crippen LogP contribution in [0.1, 0.15) is 36.0 Å². The van der Waals surface area contributed by atoms with Crippen molar-refractivity contribution in [3.05, 3.63) is 77.4 Å². The van der Waals surface area contributed by atoms with Gasteiger partial charge in [-0.3, -0.25) is 0 Å². The summed E-state index contributed by atoms with van der Waals surface area (Å²) in [7, 11) is 2.72. The van der Waals surface area contributed by atoms with Crippen LogP contribution in [0.15, 0.2) is 65.6 Å². The lowest BCUT2D eigenvalue weighted by atomic mass is 10.1. The molecular weight excluding hydrogens is 454 g/mol.